The van der Waals surface area contributed by atoms with E-state index < -0.39 is 5.97 Å². The van der Waals surface area contributed by atoms with Crippen molar-refractivity contribution in [1.82, 2.24) is 9.97 Å². The lowest BCUT2D eigenvalue weighted by Gasteiger charge is -2.21. The summed E-state index contributed by atoms with van der Waals surface area (Å²) in [5.74, 6) is 0.0128. The van der Waals surface area contributed by atoms with Crippen molar-refractivity contribution in [2.75, 3.05) is 6.61 Å². The van der Waals surface area contributed by atoms with Crippen molar-refractivity contribution in [3.63, 3.8) is 0 Å². The topological polar surface area (TPSA) is 72.3 Å². The fourth-order valence-corrected chi connectivity index (χ4v) is 6.20. The van der Waals surface area contributed by atoms with Crippen molar-refractivity contribution in [2.45, 2.75) is 39.0 Å². The van der Waals surface area contributed by atoms with E-state index in [1.54, 1.807) is 11.3 Å². The van der Waals surface area contributed by atoms with Gasteiger partial charge in [-0.15, -0.1) is 11.3 Å². The number of aryl methyl sites for hydroxylation is 1. The summed E-state index contributed by atoms with van der Waals surface area (Å²) < 4.78 is 6.95. The van der Waals surface area contributed by atoms with Crippen LogP contribution in [-0.4, -0.2) is 27.7 Å². The standard InChI is InChI=1S/C26H22N2O3S/c1-14-12-19-25(32-26(28-19)16-4-2-3-5-16)23(18(14)13-21(29)30)17-6-7-20-22-15(9-11-31-20)8-10-27-24(17)22/h4,6-8,10,12H,2-3,5,9,11,13H2,1H3,(H,29,30). The number of carbonyl (C=O) groups is 1. The van der Waals surface area contributed by atoms with Gasteiger partial charge in [0.15, 0.2) is 0 Å². The number of ether oxygens (including phenoxy) is 1. The van der Waals surface area contributed by atoms with Gasteiger partial charge in [-0.3, -0.25) is 9.78 Å². The maximum absolute atomic E-state index is 11.8. The number of rotatable bonds is 4. The molecule has 1 N–H and O–H groups in total. The summed E-state index contributed by atoms with van der Waals surface area (Å²) in [4.78, 5) is 21.5. The van der Waals surface area contributed by atoms with Gasteiger partial charge in [-0.25, -0.2) is 4.98 Å². The molecule has 6 heteroatoms. The molecule has 0 spiro atoms. The van der Waals surface area contributed by atoms with Crippen LogP contribution in [0.15, 0.2) is 36.5 Å². The van der Waals surface area contributed by atoms with Gasteiger partial charge in [-0.1, -0.05) is 6.08 Å². The summed E-state index contributed by atoms with van der Waals surface area (Å²) in [6, 6.07) is 8.13. The molecule has 32 heavy (non-hydrogen) atoms. The average Bonchev–Trinajstić information content (AvgIpc) is 3.45. The molecule has 2 aliphatic rings. The molecule has 3 heterocycles. The second kappa shape index (κ2) is 7.41. The Hall–Kier alpha value is -3.25. The molecule has 0 unspecified atom stereocenters. The Balaban J connectivity index is 1.69. The van der Waals surface area contributed by atoms with Gasteiger partial charge in [0.05, 0.1) is 28.8 Å². The van der Waals surface area contributed by atoms with Gasteiger partial charge in [0.2, 0.25) is 0 Å². The molecule has 0 bridgehead atoms. The molecular weight excluding hydrogens is 420 g/mol. The Morgan fingerprint density at radius 1 is 1.25 bits per heavy atom. The first-order valence-corrected chi connectivity index (χ1v) is 11.8. The predicted octanol–water partition coefficient (Wildman–Crippen LogP) is 5.95. The highest BCUT2D eigenvalue weighted by Gasteiger charge is 2.24. The lowest BCUT2D eigenvalue weighted by atomic mass is 9.90. The van der Waals surface area contributed by atoms with Crippen molar-refractivity contribution in [1.29, 1.82) is 0 Å². The zero-order valence-corrected chi connectivity index (χ0v) is 18.6. The number of hydrogen-bond acceptors (Lipinski definition) is 5. The zero-order chi connectivity index (χ0) is 21.8. The Kier molecular flexibility index (Phi) is 4.50. The van der Waals surface area contributed by atoms with Gasteiger partial charge in [0, 0.05) is 29.1 Å². The molecule has 0 fully saturated rings. The van der Waals surface area contributed by atoms with E-state index in [4.69, 9.17) is 14.7 Å². The predicted molar refractivity (Wildman–Crippen MR) is 127 cm³/mol. The molecule has 2 aromatic heterocycles. The molecule has 4 aromatic rings. The highest BCUT2D eigenvalue weighted by Crippen LogP contribution is 2.45. The summed E-state index contributed by atoms with van der Waals surface area (Å²) in [6.07, 6.45) is 8.26. The van der Waals surface area contributed by atoms with Gasteiger partial charge in [0.1, 0.15) is 10.8 Å². The zero-order valence-electron chi connectivity index (χ0n) is 17.8. The first kappa shape index (κ1) is 19.4. The molecule has 0 saturated heterocycles. The van der Waals surface area contributed by atoms with Crippen LogP contribution in [0.4, 0.5) is 0 Å². The number of nitrogens with zero attached hydrogens (tertiary/aromatic N) is 2. The molecule has 0 radical (unpaired) electrons. The van der Waals surface area contributed by atoms with Crippen molar-refractivity contribution in [2.24, 2.45) is 0 Å². The fourth-order valence-electron chi connectivity index (χ4n) is 5.01. The number of allylic oxidation sites excluding steroid dienone is 2. The van der Waals surface area contributed by atoms with E-state index in [1.807, 2.05) is 31.3 Å². The van der Waals surface area contributed by atoms with Gasteiger partial charge < -0.3 is 9.84 Å². The maximum Gasteiger partial charge on any atom is 0.307 e. The van der Waals surface area contributed by atoms with Gasteiger partial charge in [-0.05, 0) is 72.7 Å². The second-order valence-electron chi connectivity index (χ2n) is 8.51. The number of aromatic nitrogens is 2. The van der Waals surface area contributed by atoms with Gasteiger partial charge >= 0.3 is 5.97 Å². The first-order chi connectivity index (χ1) is 15.6. The molecule has 6 rings (SSSR count). The van der Waals surface area contributed by atoms with E-state index in [9.17, 15) is 9.90 Å². The number of hydrogen-bond donors (Lipinski definition) is 1. The molecule has 2 aromatic carbocycles. The van der Waals surface area contributed by atoms with Crippen LogP contribution in [0.3, 0.4) is 0 Å². The van der Waals surface area contributed by atoms with Gasteiger partial charge in [-0.2, -0.15) is 0 Å². The van der Waals surface area contributed by atoms with Crippen molar-refractivity contribution < 1.29 is 14.6 Å². The minimum Gasteiger partial charge on any atom is -0.493 e. The van der Waals surface area contributed by atoms with Crippen molar-refractivity contribution >= 4 is 44.0 Å². The molecule has 1 aliphatic heterocycles. The van der Waals surface area contributed by atoms with Crippen LogP contribution in [0.2, 0.25) is 0 Å². The highest BCUT2D eigenvalue weighted by molar-refractivity contribution is 7.20. The Labute approximate surface area is 189 Å². The number of aliphatic carboxylic acids is 1. The van der Waals surface area contributed by atoms with Crippen molar-refractivity contribution in [3.05, 3.63) is 58.2 Å². The van der Waals surface area contributed by atoms with E-state index in [1.165, 1.54) is 17.6 Å². The monoisotopic (exact) mass is 442 g/mol. The van der Waals surface area contributed by atoms with E-state index in [-0.39, 0.29) is 6.42 Å². The molecule has 0 amide bonds. The third kappa shape index (κ3) is 3.01. The minimum absolute atomic E-state index is 0.0352. The molecule has 1 aliphatic carbocycles. The first-order valence-electron chi connectivity index (χ1n) is 11.0. The molecule has 0 saturated carbocycles. The van der Waals surface area contributed by atoms with Crippen LogP contribution in [0.1, 0.15) is 41.0 Å². The lowest BCUT2D eigenvalue weighted by molar-refractivity contribution is -0.136. The second-order valence-corrected chi connectivity index (χ2v) is 9.51. The number of thiazole rings is 1. The van der Waals surface area contributed by atoms with Crippen LogP contribution in [0, 0.1) is 6.92 Å². The van der Waals surface area contributed by atoms with E-state index in [2.05, 4.69) is 12.1 Å². The number of carboxylic acid groups (broad SMARTS) is 1. The fraction of sp³-hybridized carbons (Fsp3) is 0.269. The van der Waals surface area contributed by atoms with E-state index in [0.29, 0.717) is 6.61 Å². The van der Waals surface area contributed by atoms with Gasteiger partial charge in [0.25, 0.3) is 0 Å². The van der Waals surface area contributed by atoms with Crippen LogP contribution >= 0.6 is 11.3 Å². The largest absolute Gasteiger partial charge is 0.493 e. The van der Waals surface area contributed by atoms with E-state index >= 15 is 0 Å². The van der Waals surface area contributed by atoms with Crippen LogP contribution < -0.4 is 4.74 Å². The van der Waals surface area contributed by atoms with Crippen molar-refractivity contribution in [3.8, 4) is 16.9 Å². The average molecular weight is 443 g/mol. The quantitative estimate of drug-likeness (QED) is 0.423. The SMILES string of the molecule is Cc1cc2nc(C3=CCCC3)sc2c(-c2ccc3c4c(ccnc24)CCO3)c1CC(=O)O. The number of pyridine rings is 1. The lowest BCUT2D eigenvalue weighted by Crippen LogP contribution is -2.09. The normalized spacial score (nSPS) is 15.2. The summed E-state index contributed by atoms with van der Waals surface area (Å²) in [6.45, 7) is 2.65. The van der Waals surface area contributed by atoms with Crippen LogP contribution in [0.5, 0.6) is 5.75 Å². The Morgan fingerprint density at radius 3 is 2.97 bits per heavy atom. The Bertz CT molecular complexity index is 1440. The third-order valence-corrected chi connectivity index (χ3v) is 7.66. The smallest absolute Gasteiger partial charge is 0.307 e. The summed E-state index contributed by atoms with van der Waals surface area (Å²) in [5, 5.41) is 11.8. The number of benzene rings is 2. The number of fused-ring (bicyclic) bond motifs is 1. The molecule has 0 atom stereocenters. The van der Waals surface area contributed by atoms with Crippen LogP contribution in [-0.2, 0) is 17.6 Å². The molecule has 5 nitrogen and oxygen atoms in total. The maximum atomic E-state index is 11.8. The number of carboxylic acids is 1. The minimum atomic E-state index is -0.837. The molecule has 160 valence electrons. The Morgan fingerprint density at radius 2 is 2.16 bits per heavy atom. The summed E-state index contributed by atoms with van der Waals surface area (Å²) >= 11 is 1.67. The van der Waals surface area contributed by atoms with Crippen LogP contribution in [0.25, 0.3) is 37.8 Å². The summed E-state index contributed by atoms with van der Waals surface area (Å²) in [7, 11) is 0. The third-order valence-electron chi connectivity index (χ3n) is 6.49. The highest BCUT2D eigenvalue weighted by atomic mass is 32.1. The van der Waals surface area contributed by atoms with E-state index in [0.717, 1.165) is 73.4 Å². The molecular formula is C26H22N2O3S. The summed E-state index contributed by atoms with van der Waals surface area (Å²) in [5.41, 5.74) is 8.01.